The van der Waals surface area contributed by atoms with E-state index in [0.29, 0.717) is 5.92 Å². The van der Waals surface area contributed by atoms with E-state index < -0.39 is 0 Å². The SMILES string of the molecule is CCC(C)/C(=N\N=C(/C)c1cccc2c1CCC2)c1ccc(CC(C)C)c(C#N)c1. The minimum absolute atomic E-state index is 0.269. The molecule has 0 saturated carbocycles. The van der Waals surface area contributed by atoms with Crippen LogP contribution in [0.15, 0.2) is 46.6 Å². The Hall–Kier alpha value is -2.73. The molecule has 0 aliphatic heterocycles. The molecule has 3 rings (SSSR count). The molecule has 2 aromatic rings. The molecule has 0 aromatic heterocycles. The summed E-state index contributed by atoms with van der Waals surface area (Å²) in [6.45, 7) is 10.8. The molecule has 3 heteroatoms. The molecule has 2 aromatic carbocycles. The molecule has 0 N–H and O–H groups in total. The van der Waals surface area contributed by atoms with Gasteiger partial charge in [0.2, 0.25) is 0 Å². The molecule has 0 bridgehead atoms. The van der Waals surface area contributed by atoms with Crippen LogP contribution in [-0.2, 0) is 19.3 Å². The van der Waals surface area contributed by atoms with Crippen molar-refractivity contribution < 1.29 is 0 Å². The van der Waals surface area contributed by atoms with Gasteiger partial charge >= 0.3 is 0 Å². The number of hydrogen-bond acceptors (Lipinski definition) is 3. The predicted molar refractivity (Wildman–Crippen MR) is 126 cm³/mol. The van der Waals surface area contributed by atoms with Crippen molar-refractivity contribution in [3.05, 3.63) is 69.8 Å². The van der Waals surface area contributed by atoms with Crippen molar-refractivity contribution in [2.24, 2.45) is 22.0 Å². The van der Waals surface area contributed by atoms with Crippen LogP contribution in [0.4, 0.5) is 0 Å². The zero-order valence-electron chi connectivity index (χ0n) is 19.0. The third-order valence-electron chi connectivity index (χ3n) is 6.08. The maximum absolute atomic E-state index is 9.67. The molecule has 0 amide bonds. The van der Waals surface area contributed by atoms with Gasteiger partial charge in [-0.3, -0.25) is 0 Å². The van der Waals surface area contributed by atoms with E-state index in [1.807, 2.05) is 6.07 Å². The Kier molecular flexibility index (Phi) is 7.21. The van der Waals surface area contributed by atoms with E-state index in [4.69, 9.17) is 5.10 Å². The smallest absolute Gasteiger partial charge is 0.0994 e. The van der Waals surface area contributed by atoms with Crippen LogP contribution < -0.4 is 0 Å². The fourth-order valence-corrected chi connectivity index (χ4v) is 4.23. The predicted octanol–water partition coefficient (Wildman–Crippen LogP) is 6.50. The number of nitrogens with zero attached hydrogens (tertiary/aromatic N) is 3. The molecule has 0 saturated heterocycles. The van der Waals surface area contributed by atoms with Gasteiger partial charge in [0, 0.05) is 11.5 Å². The zero-order valence-corrected chi connectivity index (χ0v) is 19.0. The second-order valence-electron chi connectivity index (χ2n) is 8.86. The van der Waals surface area contributed by atoms with Gasteiger partial charge in [0.05, 0.1) is 23.1 Å². The molecule has 156 valence electrons. The number of aryl methyl sites for hydroxylation is 1. The highest BCUT2D eigenvalue weighted by atomic mass is 15.2. The van der Waals surface area contributed by atoms with E-state index in [1.54, 1.807) is 0 Å². The Morgan fingerprint density at radius 1 is 1.10 bits per heavy atom. The Bertz CT molecular complexity index is 1010. The van der Waals surface area contributed by atoms with Crippen molar-refractivity contribution in [2.45, 2.75) is 66.7 Å². The van der Waals surface area contributed by atoms with Crippen LogP contribution >= 0.6 is 0 Å². The summed E-state index contributed by atoms with van der Waals surface area (Å²) in [5.41, 5.74) is 8.89. The Morgan fingerprint density at radius 3 is 2.60 bits per heavy atom. The van der Waals surface area contributed by atoms with Gasteiger partial charge in [0.1, 0.15) is 0 Å². The van der Waals surface area contributed by atoms with Crippen LogP contribution in [-0.4, -0.2) is 11.4 Å². The lowest BCUT2D eigenvalue weighted by atomic mass is 9.91. The lowest BCUT2D eigenvalue weighted by molar-refractivity contribution is 0.646. The van der Waals surface area contributed by atoms with Crippen molar-refractivity contribution in [2.75, 3.05) is 0 Å². The van der Waals surface area contributed by atoms with Gasteiger partial charge in [-0.1, -0.05) is 58.0 Å². The standard InChI is InChI=1S/C27H33N3/c1-6-19(4)27(23-14-13-22(15-18(2)3)24(16-23)17-28)30-29-20(5)25-11-7-9-21-10-8-12-26(21)25/h7,9,11,13-14,16,18-19H,6,8,10,12,15H2,1-5H3/b29-20+,30-27+. The molecule has 1 aliphatic rings. The first-order valence-corrected chi connectivity index (χ1v) is 11.2. The fourth-order valence-electron chi connectivity index (χ4n) is 4.23. The summed E-state index contributed by atoms with van der Waals surface area (Å²) in [6, 6.07) is 15.1. The van der Waals surface area contributed by atoms with E-state index in [0.717, 1.165) is 53.8 Å². The largest absolute Gasteiger partial charge is 0.192 e. The van der Waals surface area contributed by atoms with E-state index >= 15 is 0 Å². The summed E-state index contributed by atoms with van der Waals surface area (Å²) in [5.74, 6) is 0.788. The molecular weight excluding hydrogens is 366 g/mol. The van der Waals surface area contributed by atoms with Gasteiger partial charge in [-0.2, -0.15) is 15.5 Å². The first-order chi connectivity index (χ1) is 14.4. The van der Waals surface area contributed by atoms with Crippen LogP contribution in [0.1, 0.15) is 80.8 Å². The summed E-state index contributed by atoms with van der Waals surface area (Å²) in [6.07, 6.45) is 5.40. The molecule has 0 spiro atoms. The topological polar surface area (TPSA) is 48.5 Å². The summed E-state index contributed by atoms with van der Waals surface area (Å²) in [5, 5.41) is 19.1. The summed E-state index contributed by atoms with van der Waals surface area (Å²) in [4.78, 5) is 0. The molecule has 1 unspecified atom stereocenters. The number of rotatable bonds is 7. The average molecular weight is 400 g/mol. The Morgan fingerprint density at radius 2 is 1.90 bits per heavy atom. The highest BCUT2D eigenvalue weighted by molar-refractivity contribution is 6.04. The monoisotopic (exact) mass is 399 g/mol. The molecule has 0 radical (unpaired) electrons. The average Bonchev–Trinajstić information content (AvgIpc) is 3.22. The fraction of sp³-hybridized carbons (Fsp3) is 0.444. The Labute approximate surface area is 181 Å². The van der Waals surface area contributed by atoms with E-state index in [2.05, 4.69) is 76.1 Å². The number of nitriles is 1. The third kappa shape index (κ3) is 4.87. The van der Waals surface area contributed by atoms with Crippen LogP contribution in [0.25, 0.3) is 0 Å². The zero-order chi connectivity index (χ0) is 21.7. The van der Waals surface area contributed by atoms with Crippen molar-refractivity contribution in [3.8, 4) is 6.07 Å². The molecule has 1 atom stereocenters. The van der Waals surface area contributed by atoms with Crippen LogP contribution in [0, 0.1) is 23.2 Å². The first kappa shape index (κ1) is 22.0. The molecule has 0 fully saturated rings. The van der Waals surface area contributed by atoms with Gasteiger partial charge in [0.25, 0.3) is 0 Å². The lowest BCUT2D eigenvalue weighted by Gasteiger charge is -2.14. The molecule has 1 aliphatic carbocycles. The van der Waals surface area contributed by atoms with E-state index in [9.17, 15) is 5.26 Å². The van der Waals surface area contributed by atoms with Gasteiger partial charge in [0.15, 0.2) is 0 Å². The number of benzene rings is 2. The second kappa shape index (κ2) is 9.85. The van der Waals surface area contributed by atoms with Crippen LogP contribution in [0.5, 0.6) is 0 Å². The third-order valence-corrected chi connectivity index (χ3v) is 6.08. The molecule has 0 heterocycles. The summed E-state index contributed by atoms with van der Waals surface area (Å²) < 4.78 is 0. The highest BCUT2D eigenvalue weighted by Crippen LogP contribution is 2.26. The molecular formula is C27H33N3. The summed E-state index contributed by atoms with van der Waals surface area (Å²) >= 11 is 0. The van der Waals surface area contributed by atoms with E-state index in [-0.39, 0.29) is 5.92 Å². The van der Waals surface area contributed by atoms with Crippen molar-refractivity contribution in [3.63, 3.8) is 0 Å². The van der Waals surface area contributed by atoms with Gasteiger partial charge < -0.3 is 0 Å². The quantitative estimate of drug-likeness (QED) is 0.387. The maximum atomic E-state index is 9.67. The second-order valence-corrected chi connectivity index (χ2v) is 8.86. The normalized spacial score (nSPS) is 15.2. The lowest BCUT2D eigenvalue weighted by Crippen LogP contribution is -2.13. The first-order valence-electron chi connectivity index (χ1n) is 11.2. The van der Waals surface area contributed by atoms with E-state index in [1.165, 1.54) is 23.1 Å². The van der Waals surface area contributed by atoms with Gasteiger partial charge in [-0.05, 0) is 73.3 Å². The van der Waals surface area contributed by atoms with Crippen molar-refractivity contribution >= 4 is 11.4 Å². The highest BCUT2D eigenvalue weighted by Gasteiger charge is 2.17. The maximum Gasteiger partial charge on any atom is 0.0994 e. The minimum atomic E-state index is 0.269. The minimum Gasteiger partial charge on any atom is -0.192 e. The van der Waals surface area contributed by atoms with Gasteiger partial charge in [-0.15, -0.1) is 0 Å². The van der Waals surface area contributed by atoms with Crippen LogP contribution in [0.3, 0.4) is 0 Å². The number of fused-ring (bicyclic) bond motifs is 1. The van der Waals surface area contributed by atoms with Gasteiger partial charge in [-0.25, -0.2) is 0 Å². The van der Waals surface area contributed by atoms with Crippen molar-refractivity contribution in [1.82, 2.24) is 0 Å². The molecule has 30 heavy (non-hydrogen) atoms. The van der Waals surface area contributed by atoms with Crippen LogP contribution in [0.2, 0.25) is 0 Å². The molecule has 3 nitrogen and oxygen atoms in total. The van der Waals surface area contributed by atoms with Crippen molar-refractivity contribution in [1.29, 1.82) is 5.26 Å². The summed E-state index contributed by atoms with van der Waals surface area (Å²) in [7, 11) is 0. The number of hydrogen-bond donors (Lipinski definition) is 0. The Balaban J connectivity index is 1.99.